The number of carbonyl (C=O) groups excluding carboxylic acids is 2. The fraction of sp³-hybridized carbons (Fsp3) is 0.818. The fourth-order valence-corrected chi connectivity index (χ4v) is 3.49. The van der Waals surface area contributed by atoms with E-state index in [0.29, 0.717) is 6.42 Å². The topological polar surface area (TPSA) is 52.6 Å². The van der Waals surface area contributed by atoms with Gasteiger partial charge in [-0.15, -0.1) is 0 Å². The van der Waals surface area contributed by atoms with E-state index in [1.807, 2.05) is 27.7 Å². The van der Waals surface area contributed by atoms with E-state index in [1.54, 1.807) is 0 Å². The van der Waals surface area contributed by atoms with E-state index >= 15 is 0 Å². The van der Waals surface area contributed by atoms with E-state index in [1.165, 1.54) is 0 Å². The number of carbonyl (C=O) groups is 2. The molecule has 1 rings (SSSR count). The molecule has 0 aromatic carbocycles. The van der Waals surface area contributed by atoms with Gasteiger partial charge in [-0.25, -0.2) is 0 Å². The van der Waals surface area contributed by atoms with Gasteiger partial charge in [-0.1, -0.05) is 0 Å². The van der Waals surface area contributed by atoms with Crippen LogP contribution < -0.4 is 0 Å². The molecule has 0 aromatic rings. The summed E-state index contributed by atoms with van der Waals surface area (Å²) >= 11 is -1.87. The van der Waals surface area contributed by atoms with Crippen molar-refractivity contribution in [2.75, 3.05) is 0 Å². The molecule has 0 saturated carbocycles. The first kappa shape index (κ1) is 13.9. The third-order valence-electron chi connectivity index (χ3n) is 3.64. The van der Waals surface area contributed by atoms with Crippen LogP contribution in [0.2, 0.25) is 0 Å². The van der Waals surface area contributed by atoms with Crippen molar-refractivity contribution in [3.63, 3.8) is 0 Å². The summed E-state index contributed by atoms with van der Waals surface area (Å²) in [6.45, 7) is 7.90. The van der Waals surface area contributed by atoms with Crippen molar-refractivity contribution in [1.29, 1.82) is 0 Å². The quantitative estimate of drug-likeness (QED) is 0.559. The summed E-state index contributed by atoms with van der Waals surface area (Å²) in [5.41, 5.74) is -0.691. The summed E-state index contributed by atoms with van der Waals surface area (Å²) in [7, 11) is 0. The van der Waals surface area contributed by atoms with Crippen molar-refractivity contribution in [3.8, 4) is 0 Å². The number of rotatable bonds is 0. The molecule has 0 atom stereocenters. The van der Waals surface area contributed by atoms with Gasteiger partial charge in [-0.2, -0.15) is 0 Å². The van der Waals surface area contributed by atoms with Gasteiger partial charge in [0.15, 0.2) is 0 Å². The molecule has 1 aliphatic rings. The summed E-state index contributed by atoms with van der Waals surface area (Å²) in [6, 6.07) is 0. The molecule has 5 heteroatoms. The molecule has 1 heterocycles. The van der Waals surface area contributed by atoms with Gasteiger partial charge in [-0.3, -0.25) is 0 Å². The van der Waals surface area contributed by atoms with Crippen molar-refractivity contribution in [1.82, 2.24) is 0 Å². The molecule has 0 spiro atoms. The van der Waals surface area contributed by atoms with E-state index in [0.717, 1.165) is 12.8 Å². The molecule has 0 unspecified atom stereocenters. The first-order valence-electron chi connectivity index (χ1n) is 5.39. The summed E-state index contributed by atoms with van der Waals surface area (Å²) in [6.07, 6.45) is 2.01. The molecule has 91 valence electrons. The summed E-state index contributed by atoms with van der Waals surface area (Å²) in [5, 5.41) is 0. The van der Waals surface area contributed by atoms with Gasteiger partial charge < -0.3 is 0 Å². The third-order valence-corrected chi connectivity index (χ3v) is 5.66. The van der Waals surface area contributed by atoms with Gasteiger partial charge in [0.1, 0.15) is 0 Å². The Hall–Kier alpha value is -0.177. The van der Waals surface area contributed by atoms with Crippen molar-refractivity contribution in [2.45, 2.75) is 47.0 Å². The standard InChI is InChI=1S/C11H20O4.Bi/c1-10(2,7-5-6-8(12)13)11(3,4)9(14)15;/h5-7H2,1-4H3,(H,12,13)(H,14,15);/q;+2/p-2. The molecule has 1 fully saturated rings. The van der Waals surface area contributed by atoms with Crippen LogP contribution in [0.1, 0.15) is 47.0 Å². The minimum absolute atomic E-state index is 0.164. The Kier molecular flexibility index (Phi) is 4.33. The first-order valence-corrected chi connectivity index (χ1v) is 8.23. The Balaban J connectivity index is 2.85. The van der Waals surface area contributed by atoms with Crippen molar-refractivity contribution >= 4 is 36.1 Å². The van der Waals surface area contributed by atoms with Crippen LogP contribution >= 0.6 is 0 Å². The van der Waals surface area contributed by atoms with E-state index in [-0.39, 0.29) is 17.4 Å². The first-order chi connectivity index (χ1) is 7.27. The Morgan fingerprint density at radius 1 is 1.12 bits per heavy atom. The Labute approximate surface area is 109 Å². The van der Waals surface area contributed by atoms with Crippen molar-refractivity contribution in [2.24, 2.45) is 10.8 Å². The van der Waals surface area contributed by atoms with Crippen molar-refractivity contribution < 1.29 is 15.2 Å². The normalized spacial score (nSPS) is 25.5. The zero-order valence-corrected chi connectivity index (χ0v) is 13.7. The molecule has 1 saturated heterocycles. The molecule has 4 nitrogen and oxygen atoms in total. The number of hydrogen-bond acceptors (Lipinski definition) is 4. The van der Waals surface area contributed by atoms with Crippen LogP contribution in [-0.4, -0.2) is 36.1 Å². The third kappa shape index (κ3) is 2.94. The fourth-order valence-electron chi connectivity index (χ4n) is 1.52. The van der Waals surface area contributed by atoms with Crippen LogP contribution in [0, 0.1) is 10.8 Å². The van der Waals surface area contributed by atoms with Crippen LogP contribution in [0.5, 0.6) is 0 Å². The van der Waals surface area contributed by atoms with Crippen molar-refractivity contribution in [3.05, 3.63) is 0 Å². The van der Waals surface area contributed by atoms with E-state index in [2.05, 4.69) is 0 Å². The average Bonchev–Trinajstić information content (AvgIpc) is 2.15. The second-order valence-corrected chi connectivity index (χ2v) is 7.28. The van der Waals surface area contributed by atoms with Gasteiger partial charge in [0.2, 0.25) is 0 Å². The predicted molar refractivity (Wildman–Crippen MR) is 59.4 cm³/mol. The van der Waals surface area contributed by atoms with Crippen LogP contribution in [0.3, 0.4) is 0 Å². The molecule has 0 amide bonds. The molecule has 0 bridgehead atoms. The van der Waals surface area contributed by atoms with E-state index in [4.69, 9.17) is 5.63 Å². The van der Waals surface area contributed by atoms with Gasteiger partial charge in [-0.05, 0) is 0 Å². The summed E-state index contributed by atoms with van der Waals surface area (Å²) < 4.78 is 10.1. The average molecular weight is 423 g/mol. The van der Waals surface area contributed by atoms with Crippen LogP contribution in [0.4, 0.5) is 0 Å². The molecule has 0 aromatic heterocycles. The van der Waals surface area contributed by atoms with E-state index in [9.17, 15) is 9.59 Å². The minimum atomic E-state index is -1.87. The molecule has 1 aliphatic heterocycles. The van der Waals surface area contributed by atoms with Crippen LogP contribution in [0.15, 0.2) is 0 Å². The maximum atomic E-state index is 11.9. The maximum absolute atomic E-state index is 11.9. The molecule has 1 radical (unpaired) electrons. The van der Waals surface area contributed by atoms with Crippen LogP contribution in [0.25, 0.3) is 0 Å². The molecule has 0 aliphatic carbocycles. The SMILES string of the molecule is CC1(C)CCCC(=O)[O][Bi][O]C(=O)C1(C)C. The van der Waals surface area contributed by atoms with Gasteiger partial charge >= 0.3 is 109 Å². The summed E-state index contributed by atoms with van der Waals surface area (Å²) in [4.78, 5) is 23.1. The van der Waals surface area contributed by atoms with Crippen LogP contribution in [-0.2, 0) is 15.2 Å². The van der Waals surface area contributed by atoms with E-state index < -0.39 is 29.5 Å². The zero-order chi connectivity index (χ0) is 12.4. The second-order valence-electron chi connectivity index (χ2n) is 5.28. The second kappa shape index (κ2) is 4.99. The zero-order valence-electron chi connectivity index (χ0n) is 10.2. The summed E-state index contributed by atoms with van der Waals surface area (Å²) in [5.74, 6) is -0.455. The molecular formula is C11H18BiO4. The monoisotopic (exact) mass is 423 g/mol. The molecule has 0 N–H and O–H groups in total. The van der Waals surface area contributed by atoms with Gasteiger partial charge in [0.25, 0.3) is 0 Å². The van der Waals surface area contributed by atoms with Gasteiger partial charge in [0.05, 0.1) is 0 Å². The molecular weight excluding hydrogens is 405 g/mol. The number of hydrogen-bond donors (Lipinski definition) is 0. The Morgan fingerprint density at radius 3 is 2.38 bits per heavy atom. The predicted octanol–water partition coefficient (Wildman–Crippen LogP) is 1.84. The Morgan fingerprint density at radius 2 is 1.75 bits per heavy atom. The molecule has 16 heavy (non-hydrogen) atoms. The van der Waals surface area contributed by atoms with Gasteiger partial charge in [0, 0.05) is 0 Å². The Bertz CT molecular complexity index is 296.